The molecule has 1 saturated heterocycles. The number of para-hydroxylation sites is 1. The summed E-state index contributed by atoms with van der Waals surface area (Å²) in [4.78, 5) is 54.3. The Hall–Kier alpha value is -3.82. The Balaban J connectivity index is 1.29. The summed E-state index contributed by atoms with van der Waals surface area (Å²) in [5.74, 6) is 0.400. The molecule has 3 heterocycles. The number of ether oxygens (including phenoxy) is 1. The van der Waals surface area contributed by atoms with Crippen LogP contribution in [-0.2, 0) is 27.8 Å². The van der Waals surface area contributed by atoms with E-state index in [1.165, 1.54) is 4.57 Å². The number of esters is 1. The second kappa shape index (κ2) is 9.76. The molecule has 1 aromatic carbocycles. The molecule has 3 aromatic rings. The Morgan fingerprint density at radius 2 is 1.76 bits per heavy atom. The summed E-state index contributed by atoms with van der Waals surface area (Å²) >= 11 is 0. The molecule has 1 amide bonds. The number of anilines is 1. The van der Waals surface area contributed by atoms with Gasteiger partial charge in [0.05, 0.1) is 17.3 Å². The third kappa shape index (κ3) is 5.00. The molecule has 33 heavy (non-hydrogen) atoms. The molecular weight excluding hydrogens is 424 g/mol. The predicted molar refractivity (Wildman–Crippen MR) is 122 cm³/mol. The molecule has 1 fully saturated rings. The fourth-order valence-corrected chi connectivity index (χ4v) is 3.85. The van der Waals surface area contributed by atoms with Gasteiger partial charge in [0.2, 0.25) is 5.95 Å². The minimum atomic E-state index is -0.884. The van der Waals surface area contributed by atoms with Crippen LogP contribution in [0.5, 0.6) is 0 Å². The minimum absolute atomic E-state index is 0.0232. The zero-order chi connectivity index (χ0) is 23.4. The van der Waals surface area contributed by atoms with Gasteiger partial charge in [0.1, 0.15) is 5.82 Å². The van der Waals surface area contributed by atoms with Crippen LogP contribution in [-0.4, -0.2) is 68.6 Å². The van der Waals surface area contributed by atoms with Crippen LogP contribution in [0.3, 0.4) is 0 Å². The van der Waals surface area contributed by atoms with E-state index >= 15 is 0 Å². The molecule has 1 unspecified atom stereocenters. The van der Waals surface area contributed by atoms with E-state index in [4.69, 9.17) is 4.74 Å². The highest BCUT2D eigenvalue weighted by Gasteiger charge is 2.28. The average molecular weight is 450 g/mol. The molecule has 4 rings (SSSR count). The van der Waals surface area contributed by atoms with E-state index in [0.717, 1.165) is 0 Å². The van der Waals surface area contributed by atoms with Gasteiger partial charge in [0, 0.05) is 52.0 Å². The molecule has 10 nitrogen and oxygen atoms in total. The van der Waals surface area contributed by atoms with Gasteiger partial charge in [-0.15, -0.1) is 0 Å². The van der Waals surface area contributed by atoms with Crippen molar-refractivity contribution in [2.45, 2.75) is 25.9 Å². The third-order valence-electron chi connectivity index (χ3n) is 5.71. The minimum Gasteiger partial charge on any atom is -0.453 e. The first-order valence-corrected chi connectivity index (χ1v) is 10.9. The molecule has 0 N–H and O–H groups in total. The summed E-state index contributed by atoms with van der Waals surface area (Å²) in [5.41, 5.74) is 0.431. The molecule has 0 saturated carbocycles. The molecule has 10 heteroatoms. The second-order valence-electron chi connectivity index (χ2n) is 7.90. The maximum Gasteiger partial charge on any atom is 0.307 e. The number of aryl methyl sites for hydroxylation is 1. The van der Waals surface area contributed by atoms with Crippen molar-refractivity contribution >= 4 is 28.7 Å². The molecule has 0 radical (unpaired) electrons. The Morgan fingerprint density at radius 1 is 1.06 bits per heavy atom. The maximum absolute atomic E-state index is 12.7. The molecule has 172 valence electrons. The van der Waals surface area contributed by atoms with Gasteiger partial charge in [-0.25, -0.2) is 15.0 Å². The largest absolute Gasteiger partial charge is 0.453 e. The number of carbonyl (C=O) groups excluding carboxylic acids is 2. The number of carbonyl (C=O) groups is 2. The zero-order valence-corrected chi connectivity index (χ0v) is 18.7. The second-order valence-corrected chi connectivity index (χ2v) is 7.90. The first-order valence-electron chi connectivity index (χ1n) is 10.9. The van der Waals surface area contributed by atoms with E-state index < -0.39 is 12.1 Å². The van der Waals surface area contributed by atoms with Crippen LogP contribution >= 0.6 is 0 Å². The van der Waals surface area contributed by atoms with E-state index in [0.29, 0.717) is 48.9 Å². The zero-order valence-electron chi connectivity index (χ0n) is 18.7. The van der Waals surface area contributed by atoms with Crippen LogP contribution in [0.2, 0.25) is 0 Å². The van der Waals surface area contributed by atoms with E-state index in [1.54, 1.807) is 55.5 Å². The summed E-state index contributed by atoms with van der Waals surface area (Å²) in [6.45, 7) is 3.80. The van der Waals surface area contributed by atoms with E-state index in [1.807, 2.05) is 11.0 Å². The smallest absolute Gasteiger partial charge is 0.307 e. The first-order chi connectivity index (χ1) is 15.9. The topological polar surface area (TPSA) is 111 Å². The quantitative estimate of drug-likeness (QED) is 0.510. The van der Waals surface area contributed by atoms with Gasteiger partial charge in [0.25, 0.3) is 11.5 Å². The van der Waals surface area contributed by atoms with Gasteiger partial charge in [-0.05, 0) is 25.1 Å². The molecule has 1 aliphatic heterocycles. The van der Waals surface area contributed by atoms with Gasteiger partial charge in [0.15, 0.2) is 6.10 Å². The number of piperazine rings is 1. The number of aromatic nitrogens is 4. The number of fused-ring (bicyclic) bond motifs is 1. The number of hydrogen-bond acceptors (Lipinski definition) is 8. The molecule has 1 atom stereocenters. The van der Waals surface area contributed by atoms with Crippen LogP contribution in [0, 0.1) is 0 Å². The first kappa shape index (κ1) is 22.4. The highest BCUT2D eigenvalue weighted by Crippen LogP contribution is 2.12. The highest BCUT2D eigenvalue weighted by atomic mass is 16.5. The number of benzene rings is 1. The van der Waals surface area contributed by atoms with Crippen molar-refractivity contribution in [2.75, 3.05) is 31.1 Å². The summed E-state index contributed by atoms with van der Waals surface area (Å²) in [6, 6.07) is 8.85. The van der Waals surface area contributed by atoms with E-state index in [-0.39, 0.29) is 24.3 Å². The molecular formula is C23H26N6O4. The van der Waals surface area contributed by atoms with Gasteiger partial charge < -0.3 is 14.5 Å². The fraction of sp³-hybridized carbons (Fsp3) is 0.391. The lowest BCUT2D eigenvalue weighted by atomic mass is 10.2. The van der Waals surface area contributed by atoms with Gasteiger partial charge in [-0.2, -0.15) is 0 Å². The highest BCUT2D eigenvalue weighted by molar-refractivity contribution is 5.83. The predicted octanol–water partition coefficient (Wildman–Crippen LogP) is 0.937. The van der Waals surface area contributed by atoms with Crippen LogP contribution in [0.15, 0.2) is 47.5 Å². The SMILES string of the molecule is CC(OC(=O)CCc1nc2ccccc2c(=O)n1C)C(=O)N1CCN(c2ncccn2)CC1. The number of nitrogens with zero attached hydrogens (tertiary/aromatic N) is 6. The lowest BCUT2D eigenvalue weighted by Gasteiger charge is -2.35. The van der Waals surface area contributed by atoms with Crippen LogP contribution in [0.1, 0.15) is 19.2 Å². The van der Waals surface area contributed by atoms with E-state index in [9.17, 15) is 14.4 Å². The van der Waals surface area contributed by atoms with Crippen molar-refractivity contribution < 1.29 is 14.3 Å². The van der Waals surface area contributed by atoms with E-state index in [2.05, 4.69) is 15.0 Å². The molecule has 0 aliphatic carbocycles. The van der Waals surface area contributed by atoms with Crippen molar-refractivity contribution in [2.24, 2.45) is 7.05 Å². The van der Waals surface area contributed by atoms with Crippen molar-refractivity contribution in [3.63, 3.8) is 0 Å². The van der Waals surface area contributed by atoms with Crippen LogP contribution in [0.25, 0.3) is 10.9 Å². The Kier molecular flexibility index (Phi) is 6.62. The Morgan fingerprint density at radius 3 is 2.48 bits per heavy atom. The fourth-order valence-electron chi connectivity index (χ4n) is 3.85. The summed E-state index contributed by atoms with van der Waals surface area (Å²) < 4.78 is 6.82. The number of hydrogen-bond donors (Lipinski definition) is 0. The van der Waals surface area contributed by atoms with Crippen LogP contribution in [0.4, 0.5) is 5.95 Å². The van der Waals surface area contributed by atoms with Crippen molar-refractivity contribution in [1.29, 1.82) is 0 Å². The Bertz CT molecular complexity index is 1200. The van der Waals surface area contributed by atoms with Crippen LogP contribution < -0.4 is 10.5 Å². The molecule has 0 bridgehead atoms. The van der Waals surface area contributed by atoms with Crippen molar-refractivity contribution in [1.82, 2.24) is 24.4 Å². The van der Waals surface area contributed by atoms with Gasteiger partial charge in [-0.3, -0.25) is 19.0 Å². The lowest BCUT2D eigenvalue weighted by molar-refractivity contribution is -0.159. The summed E-state index contributed by atoms with van der Waals surface area (Å²) in [6.07, 6.45) is 2.76. The number of amides is 1. The molecule has 2 aromatic heterocycles. The third-order valence-corrected chi connectivity index (χ3v) is 5.71. The van der Waals surface area contributed by atoms with Gasteiger partial charge >= 0.3 is 5.97 Å². The lowest BCUT2D eigenvalue weighted by Crippen LogP contribution is -2.52. The average Bonchev–Trinajstić information content (AvgIpc) is 2.85. The van der Waals surface area contributed by atoms with Crippen molar-refractivity contribution in [3.05, 3.63) is 58.9 Å². The summed E-state index contributed by atoms with van der Waals surface area (Å²) in [7, 11) is 1.63. The van der Waals surface area contributed by atoms with Crippen molar-refractivity contribution in [3.8, 4) is 0 Å². The Labute approximate surface area is 190 Å². The molecule has 1 aliphatic rings. The monoisotopic (exact) mass is 450 g/mol. The number of rotatable bonds is 6. The maximum atomic E-state index is 12.7. The van der Waals surface area contributed by atoms with Gasteiger partial charge in [-0.1, -0.05) is 12.1 Å². The standard InChI is InChI=1S/C23H26N6O4/c1-16(21(31)28-12-14-29(15-13-28)23-24-10-5-11-25-23)33-20(30)9-8-19-26-18-7-4-3-6-17(18)22(32)27(19)2/h3-7,10-11,16H,8-9,12-15H2,1-2H3. The molecule has 0 spiro atoms. The normalized spacial score (nSPS) is 14.8. The summed E-state index contributed by atoms with van der Waals surface area (Å²) in [5, 5.41) is 0.532.